The molecule has 2 aromatic rings. The maximum absolute atomic E-state index is 12.6. The Labute approximate surface area is 159 Å². The highest BCUT2D eigenvalue weighted by atomic mass is 32.2. The van der Waals surface area contributed by atoms with E-state index in [4.69, 9.17) is 4.74 Å². The molecule has 2 aliphatic heterocycles. The molecule has 142 valence electrons. The second-order valence-corrected chi connectivity index (χ2v) is 7.68. The van der Waals surface area contributed by atoms with E-state index in [2.05, 4.69) is 10.2 Å². The van der Waals surface area contributed by atoms with E-state index in [-0.39, 0.29) is 29.2 Å². The van der Waals surface area contributed by atoms with Gasteiger partial charge in [0.25, 0.3) is 0 Å². The lowest BCUT2D eigenvalue weighted by atomic mass is 10.1. The number of rotatable bonds is 6. The van der Waals surface area contributed by atoms with Crippen molar-refractivity contribution in [3.63, 3.8) is 0 Å². The molecule has 1 saturated heterocycles. The number of hydrogen-bond donors (Lipinski definition) is 1. The highest BCUT2D eigenvalue weighted by Gasteiger charge is 2.25. The summed E-state index contributed by atoms with van der Waals surface area (Å²) >= 11 is 1.23. The van der Waals surface area contributed by atoms with Crippen LogP contribution in [0.15, 0.2) is 28.2 Å². The third-order valence-electron chi connectivity index (χ3n) is 4.94. The maximum atomic E-state index is 12.6. The Hall–Kier alpha value is -2.39. The number of thioether (sulfide) groups is 1. The normalized spacial score (nSPS) is 18.9. The van der Waals surface area contributed by atoms with Crippen molar-refractivity contribution in [2.24, 2.45) is 0 Å². The topological polar surface area (TPSA) is 97.3 Å². The van der Waals surface area contributed by atoms with Gasteiger partial charge >= 0.3 is 5.69 Å². The minimum atomic E-state index is -0.292. The summed E-state index contributed by atoms with van der Waals surface area (Å²) in [6.45, 7) is 1.16. The summed E-state index contributed by atoms with van der Waals surface area (Å²) in [4.78, 5) is 38.0. The van der Waals surface area contributed by atoms with E-state index >= 15 is 0 Å². The van der Waals surface area contributed by atoms with E-state index in [9.17, 15) is 14.4 Å². The van der Waals surface area contributed by atoms with E-state index in [1.54, 1.807) is 30.1 Å². The molecular weight excluding hydrogens is 368 g/mol. The number of hydrogen-bond acceptors (Lipinski definition) is 6. The molecule has 4 rings (SSSR count). The van der Waals surface area contributed by atoms with Gasteiger partial charge in [0.2, 0.25) is 5.91 Å². The second kappa shape index (κ2) is 7.32. The molecule has 8 nitrogen and oxygen atoms in total. The molecule has 0 spiro atoms. The fourth-order valence-corrected chi connectivity index (χ4v) is 4.27. The number of likely N-dealkylation sites (N-methyl/N-ethyl adjacent to an activating group) is 1. The molecule has 0 radical (unpaired) electrons. The average Bonchev–Trinajstić information content (AvgIpc) is 3.36. The van der Waals surface area contributed by atoms with Gasteiger partial charge in [0.05, 0.1) is 24.8 Å². The molecule has 1 aromatic heterocycles. The van der Waals surface area contributed by atoms with Crippen LogP contribution in [-0.2, 0) is 22.5 Å². The molecule has 0 aliphatic carbocycles. The lowest BCUT2D eigenvalue weighted by Gasteiger charge is -2.11. The summed E-state index contributed by atoms with van der Waals surface area (Å²) in [5.74, 6) is 0.126. The number of benzene rings is 1. The predicted molar refractivity (Wildman–Crippen MR) is 100 cm³/mol. The van der Waals surface area contributed by atoms with Gasteiger partial charge in [-0.3, -0.25) is 14.2 Å². The zero-order valence-corrected chi connectivity index (χ0v) is 15.8. The van der Waals surface area contributed by atoms with Crippen molar-refractivity contribution in [2.75, 3.05) is 24.3 Å². The summed E-state index contributed by atoms with van der Waals surface area (Å²) < 4.78 is 7.11. The molecule has 1 fully saturated rings. The first kappa shape index (κ1) is 18.0. The number of nitrogens with zero attached hydrogens (tertiary/aromatic N) is 3. The molecule has 2 aliphatic rings. The summed E-state index contributed by atoms with van der Waals surface area (Å²) in [5, 5.41) is 6.96. The third kappa shape index (κ3) is 3.57. The Kier molecular flexibility index (Phi) is 4.88. The first-order valence-corrected chi connectivity index (χ1v) is 9.84. The average molecular weight is 388 g/mol. The molecule has 1 aromatic carbocycles. The summed E-state index contributed by atoms with van der Waals surface area (Å²) in [7, 11) is 1.73. The van der Waals surface area contributed by atoms with E-state index in [0.717, 1.165) is 24.1 Å². The highest BCUT2D eigenvalue weighted by Crippen LogP contribution is 2.29. The number of aromatic amines is 1. The van der Waals surface area contributed by atoms with Crippen LogP contribution in [0, 0.1) is 0 Å². The fourth-order valence-electron chi connectivity index (χ4n) is 3.42. The van der Waals surface area contributed by atoms with Crippen molar-refractivity contribution >= 4 is 29.1 Å². The van der Waals surface area contributed by atoms with Crippen LogP contribution < -0.4 is 10.6 Å². The number of nitrogens with one attached hydrogen (secondary N) is 1. The highest BCUT2D eigenvalue weighted by molar-refractivity contribution is 7.99. The van der Waals surface area contributed by atoms with Crippen LogP contribution in [0.3, 0.4) is 0 Å². The molecule has 1 atom stereocenters. The van der Waals surface area contributed by atoms with Crippen LogP contribution in [-0.4, -0.2) is 52.0 Å². The predicted octanol–water partition coefficient (Wildman–Crippen LogP) is 1.24. The van der Waals surface area contributed by atoms with Crippen molar-refractivity contribution < 1.29 is 14.3 Å². The van der Waals surface area contributed by atoms with Gasteiger partial charge in [0, 0.05) is 24.9 Å². The summed E-state index contributed by atoms with van der Waals surface area (Å²) in [5.41, 5.74) is 1.99. The van der Waals surface area contributed by atoms with Crippen molar-refractivity contribution in [1.29, 1.82) is 0 Å². The van der Waals surface area contributed by atoms with Crippen LogP contribution in [0.1, 0.15) is 28.8 Å². The standard InChI is InChI=1S/C18H20N4O4S/c1-21-14-5-4-11(7-12(14)8-16(21)24)15(23)10-27-18-20-19-17(25)22(18)9-13-3-2-6-26-13/h4-5,7,13H,2-3,6,8-10H2,1H3,(H,19,25)/t13-/m0/s1. The van der Waals surface area contributed by atoms with Crippen LogP contribution in [0.25, 0.3) is 0 Å². The SMILES string of the molecule is CN1C(=O)Cc2cc(C(=O)CSc3n[nH]c(=O)n3C[C@@H]3CCCO3)ccc21. The van der Waals surface area contributed by atoms with Crippen molar-refractivity contribution in [3.8, 4) is 0 Å². The monoisotopic (exact) mass is 388 g/mol. The number of H-pyrrole nitrogens is 1. The van der Waals surface area contributed by atoms with E-state index in [1.165, 1.54) is 16.3 Å². The van der Waals surface area contributed by atoms with Crippen molar-refractivity contribution in [3.05, 3.63) is 39.8 Å². The van der Waals surface area contributed by atoms with Crippen LogP contribution >= 0.6 is 11.8 Å². The van der Waals surface area contributed by atoms with Crippen LogP contribution in [0.4, 0.5) is 5.69 Å². The number of Topliss-reactive ketones (excluding diaryl/α,β-unsaturated/α-hetero) is 1. The molecule has 9 heteroatoms. The van der Waals surface area contributed by atoms with Gasteiger partial charge < -0.3 is 9.64 Å². The van der Waals surface area contributed by atoms with Gasteiger partial charge in [0.1, 0.15) is 0 Å². The summed E-state index contributed by atoms with van der Waals surface area (Å²) in [6, 6.07) is 5.32. The van der Waals surface area contributed by atoms with Gasteiger partial charge in [-0.1, -0.05) is 11.8 Å². The lowest BCUT2D eigenvalue weighted by molar-refractivity contribution is -0.117. The van der Waals surface area contributed by atoms with Gasteiger partial charge in [-0.05, 0) is 36.6 Å². The van der Waals surface area contributed by atoms with Crippen molar-refractivity contribution in [1.82, 2.24) is 14.8 Å². The lowest BCUT2D eigenvalue weighted by Crippen LogP contribution is -2.25. The van der Waals surface area contributed by atoms with Crippen molar-refractivity contribution in [2.45, 2.75) is 37.1 Å². The maximum Gasteiger partial charge on any atom is 0.344 e. The molecule has 0 unspecified atom stereocenters. The third-order valence-corrected chi connectivity index (χ3v) is 5.92. The summed E-state index contributed by atoms with van der Waals surface area (Å²) in [6.07, 6.45) is 2.25. The molecule has 27 heavy (non-hydrogen) atoms. The van der Waals surface area contributed by atoms with Gasteiger partial charge in [-0.15, -0.1) is 5.10 Å². The number of aromatic nitrogens is 3. The molecule has 1 N–H and O–H groups in total. The largest absolute Gasteiger partial charge is 0.376 e. The molecular formula is C18H20N4O4S. The Morgan fingerprint density at radius 3 is 3.04 bits per heavy atom. The van der Waals surface area contributed by atoms with E-state index in [0.29, 0.717) is 30.3 Å². The van der Waals surface area contributed by atoms with Crippen LogP contribution in [0.2, 0.25) is 0 Å². The first-order valence-electron chi connectivity index (χ1n) is 8.85. The Morgan fingerprint density at radius 1 is 1.41 bits per heavy atom. The Morgan fingerprint density at radius 2 is 2.26 bits per heavy atom. The molecule has 0 bridgehead atoms. The molecule has 0 saturated carbocycles. The van der Waals surface area contributed by atoms with E-state index < -0.39 is 0 Å². The number of carbonyl (C=O) groups excluding carboxylic acids is 2. The molecule has 1 amide bonds. The first-order chi connectivity index (χ1) is 13.0. The minimum Gasteiger partial charge on any atom is -0.376 e. The number of ether oxygens (including phenoxy) is 1. The zero-order valence-electron chi connectivity index (χ0n) is 14.9. The van der Waals surface area contributed by atoms with Gasteiger partial charge in [-0.2, -0.15) is 0 Å². The number of amides is 1. The Balaban J connectivity index is 1.44. The fraction of sp³-hybridized carbons (Fsp3) is 0.444. The number of ketones is 1. The van der Waals surface area contributed by atoms with Gasteiger partial charge in [0.15, 0.2) is 10.9 Å². The molecule has 3 heterocycles. The Bertz CT molecular complexity index is 945. The quantitative estimate of drug-likeness (QED) is 0.591. The number of anilines is 1. The smallest absolute Gasteiger partial charge is 0.344 e. The number of carbonyl (C=O) groups is 2. The van der Waals surface area contributed by atoms with E-state index in [1.807, 2.05) is 0 Å². The van der Waals surface area contributed by atoms with Crippen LogP contribution in [0.5, 0.6) is 0 Å². The second-order valence-electron chi connectivity index (χ2n) is 6.74. The number of fused-ring (bicyclic) bond motifs is 1. The zero-order chi connectivity index (χ0) is 19.0. The minimum absolute atomic E-state index is 0.0154. The van der Waals surface area contributed by atoms with Gasteiger partial charge in [-0.25, -0.2) is 9.89 Å².